The fourth-order valence-corrected chi connectivity index (χ4v) is 4.65. The molecule has 0 saturated heterocycles. The Bertz CT molecular complexity index is 1500. The summed E-state index contributed by atoms with van der Waals surface area (Å²) in [5.74, 6) is -0.0466. The van der Waals surface area contributed by atoms with Crippen LogP contribution in [0.5, 0.6) is 0 Å². The standard InChI is InChI=1S/C27H19Cl2NO3/c1-15(2)16-10-11-24-20(12-16)26(31)17(14-33-24)13-19-18-6-3-4-9-23(18)30(27(19)32)25-21(28)7-5-8-22(25)29/h3-15H,1-2H3/b19-13-. The Morgan fingerprint density at radius 1 is 0.939 bits per heavy atom. The van der Waals surface area contributed by atoms with Crippen LogP contribution in [0.1, 0.15) is 36.5 Å². The van der Waals surface area contributed by atoms with Gasteiger partial charge in [-0.1, -0.05) is 67.4 Å². The molecule has 1 aromatic heterocycles. The summed E-state index contributed by atoms with van der Waals surface area (Å²) in [6, 6.07) is 18.1. The lowest BCUT2D eigenvalue weighted by atomic mass is 10.00. The second kappa shape index (κ2) is 8.22. The van der Waals surface area contributed by atoms with E-state index in [2.05, 4.69) is 13.8 Å². The van der Waals surface area contributed by atoms with Crippen molar-refractivity contribution in [1.82, 2.24) is 0 Å². The molecule has 0 spiro atoms. The SMILES string of the molecule is CC(C)c1ccc2occ(/C=C3\C(=O)N(c4c(Cl)cccc4Cl)c4ccccc43)c(=O)c2c1. The van der Waals surface area contributed by atoms with Crippen LogP contribution < -0.4 is 10.3 Å². The van der Waals surface area contributed by atoms with Crippen molar-refractivity contribution < 1.29 is 9.21 Å². The number of hydrogen-bond donors (Lipinski definition) is 0. The average Bonchev–Trinajstić information content (AvgIpc) is 3.07. The van der Waals surface area contributed by atoms with Crippen LogP contribution in [0.3, 0.4) is 0 Å². The minimum atomic E-state index is -0.318. The summed E-state index contributed by atoms with van der Waals surface area (Å²) in [7, 11) is 0. The van der Waals surface area contributed by atoms with E-state index in [1.807, 2.05) is 36.4 Å². The molecule has 33 heavy (non-hydrogen) atoms. The average molecular weight is 476 g/mol. The first-order chi connectivity index (χ1) is 15.9. The minimum absolute atomic E-state index is 0.189. The van der Waals surface area contributed by atoms with Gasteiger partial charge in [0, 0.05) is 5.56 Å². The lowest BCUT2D eigenvalue weighted by Gasteiger charge is -2.20. The van der Waals surface area contributed by atoms with E-state index in [1.165, 1.54) is 11.2 Å². The summed E-state index contributed by atoms with van der Waals surface area (Å²) in [5, 5.41) is 1.21. The molecule has 0 unspecified atom stereocenters. The molecule has 1 aliphatic heterocycles. The topological polar surface area (TPSA) is 50.5 Å². The fourth-order valence-electron chi connectivity index (χ4n) is 4.08. The molecule has 0 N–H and O–H groups in total. The lowest BCUT2D eigenvalue weighted by Crippen LogP contribution is -2.21. The van der Waals surface area contributed by atoms with Gasteiger partial charge in [0.15, 0.2) is 5.43 Å². The number of rotatable bonds is 3. The molecule has 6 heteroatoms. The van der Waals surface area contributed by atoms with Crippen LogP contribution in [0.4, 0.5) is 11.4 Å². The highest BCUT2D eigenvalue weighted by atomic mass is 35.5. The number of amides is 1. The number of carbonyl (C=O) groups excluding carboxylic acids is 1. The Morgan fingerprint density at radius 3 is 2.39 bits per heavy atom. The first-order valence-electron chi connectivity index (χ1n) is 10.5. The van der Waals surface area contributed by atoms with E-state index in [4.69, 9.17) is 27.6 Å². The fraction of sp³-hybridized carbons (Fsp3) is 0.111. The first kappa shape index (κ1) is 21.5. The van der Waals surface area contributed by atoms with Gasteiger partial charge in [0.2, 0.25) is 0 Å². The third kappa shape index (κ3) is 3.56. The second-order valence-corrected chi connectivity index (χ2v) is 9.03. The monoisotopic (exact) mass is 475 g/mol. The van der Waals surface area contributed by atoms with Gasteiger partial charge in [-0.25, -0.2) is 0 Å². The zero-order chi connectivity index (χ0) is 23.3. The van der Waals surface area contributed by atoms with Gasteiger partial charge < -0.3 is 4.42 Å². The molecule has 1 amide bonds. The van der Waals surface area contributed by atoms with Gasteiger partial charge in [-0.2, -0.15) is 0 Å². The highest BCUT2D eigenvalue weighted by molar-refractivity contribution is 6.44. The smallest absolute Gasteiger partial charge is 0.263 e. The normalized spacial score (nSPS) is 14.5. The summed E-state index contributed by atoms with van der Waals surface area (Å²) in [4.78, 5) is 28.4. The Kier molecular flexibility index (Phi) is 5.35. The van der Waals surface area contributed by atoms with Gasteiger partial charge in [0.25, 0.3) is 5.91 Å². The quantitative estimate of drug-likeness (QED) is 0.289. The summed E-state index contributed by atoms with van der Waals surface area (Å²) in [6.07, 6.45) is 2.98. The van der Waals surface area contributed by atoms with E-state index in [9.17, 15) is 9.59 Å². The van der Waals surface area contributed by atoms with Crippen molar-refractivity contribution >= 4 is 63.1 Å². The number of benzene rings is 3. The maximum absolute atomic E-state index is 13.6. The van der Waals surface area contributed by atoms with Crippen molar-refractivity contribution in [3.8, 4) is 0 Å². The van der Waals surface area contributed by atoms with Crippen LogP contribution in [-0.4, -0.2) is 5.91 Å². The van der Waals surface area contributed by atoms with E-state index >= 15 is 0 Å². The van der Waals surface area contributed by atoms with Crippen molar-refractivity contribution in [2.45, 2.75) is 19.8 Å². The molecular weight excluding hydrogens is 457 g/mol. The van der Waals surface area contributed by atoms with Crippen LogP contribution in [0, 0.1) is 0 Å². The number of anilines is 2. The predicted octanol–water partition coefficient (Wildman–Crippen LogP) is 7.44. The number of fused-ring (bicyclic) bond motifs is 2. The summed E-state index contributed by atoms with van der Waals surface area (Å²) in [5.41, 5.74) is 3.78. The van der Waals surface area contributed by atoms with Gasteiger partial charge in [-0.3, -0.25) is 14.5 Å². The van der Waals surface area contributed by atoms with E-state index in [0.717, 1.165) is 5.56 Å². The summed E-state index contributed by atoms with van der Waals surface area (Å²) < 4.78 is 5.73. The van der Waals surface area contributed by atoms with Gasteiger partial charge in [0.1, 0.15) is 11.8 Å². The number of carbonyl (C=O) groups is 1. The van der Waals surface area contributed by atoms with Crippen LogP contribution in [-0.2, 0) is 4.79 Å². The van der Waals surface area contributed by atoms with E-state index < -0.39 is 0 Å². The lowest BCUT2D eigenvalue weighted by molar-refractivity contribution is -0.112. The van der Waals surface area contributed by atoms with Gasteiger partial charge in [0.05, 0.1) is 37.9 Å². The van der Waals surface area contributed by atoms with Crippen molar-refractivity contribution in [2.24, 2.45) is 0 Å². The summed E-state index contributed by atoms with van der Waals surface area (Å²) >= 11 is 12.8. The molecule has 0 fully saturated rings. The van der Waals surface area contributed by atoms with Crippen LogP contribution >= 0.6 is 23.2 Å². The number of hydrogen-bond acceptors (Lipinski definition) is 3. The van der Waals surface area contributed by atoms with Crippen LogP contribution in [0.15, 0.2) is 76.1 Å². The summed E-state index contributed by atoms with van der Waals surface area (Å²) in [6.45, 7) is 4.13. The highest BCUT2D eigenvalue weighted by Crippen LogP contribution is 2.46. The van der Waals surface area contributed by atoms with Gasteiger partial charge >= 0.3 is 0 Å². The molecule has 164 valence electrons. The molecule has 4 aromatic rings. The van der Waals surface area contributed by atoms with Crippen molar-refractivity contribution in [3.05, 3.63) is 104 Å². The Morgan fingerprint density at radius 2 is 1.67 bits per heavy atom. The second-order valence-electron chi connectivity index (χ2n) is 8.22. The number of nitrogens with zero attached hydrogens (tertiary/aromatic N) is 1. The van der Waals surface area contributed by atoms with Crippen molar-refractivity contribution in [2.75, 3.05) is 4.90 Å². The first-order valence-corrected chi connectivity index (χ1v) is 11.3. The molecule has 0 atom stereocenters. The minimum Gasteiger partial charge on any atom is -0.463 e. The third-order valence-corrected chi connectivity index (χ3v) is 6.43. The molecule has 1 aliphatic rings. The Balaban J connectivity index is 1.70. The third-order valence-electron chi connectivity index (χ3n) is 5.82. The van der Waals surface area contributed by atoms with Crippen molar-refractivity contribution in [3.63, 3.8) is 0 Å². The number of halogens is 2. The zero-order valence-electron chi connectivity index (χ0n) is 17.9. The van der Waals surface area contributed by atoms with Crippen LogP contribution in [0.25, 0.3) is 22.6 Å². The molecule has 4 nitrogen and oxygen atoms in total. The van der Waals surface area contributed by atoms with Crippen LogP contribution in [0.2, 0.25) is 10.0 Å². The van der Waals surface area contributed by atoms with Gasteiger partial charge in [-0.15, -0.1) is 0 Å². The molecule has 0 radical (unpaired) electrons. The zero-order valence-corrected chi connectivity index (χ0v) is 19.4. The van der Waals surface area contributed by atoms with E-state index in [0.29, 0.717) is 49.1 Å². The molecule has 0 saturated carbocycles. The Hall–Kier alpha value is -3.34. The maximum Gasteiger partial charge on any atom is 0.263 e. The molecule has 3 aromatic carbocycles. The molecule has 2 heterocycles. The maximum atomic E-state index is 13.6. The van der Waals surface area contributed by atoms with E-state index in [1.54, 1.807) is 30.3 Å². The van der Waals surface area contributed by atoms with Gasteiger partial charge in [-0.05, 0) is 47.9 Å². The molecular formula is C27H19Cl2NO3. The highest BCUT2D eigenvalue weighted by Gasteiger charge is 2.35. The molecule has 0 aliphatic carbocycles. The van der Waals surface area contributed by atoms with Crippen molar-refractivity contribution in [1.29, 1.82) is 0 Å². The predicted molar refractivity (Wildman–Crippen MR) is 134 cm³/mol. The largest absolute Gasteiger partial charge is 0.463 e. The molecule has 5 rings (SSSR count). The molecule has 0 bridgehead atoms. The number of para-hydroxylation sites is 2. The van der Waals surface area contributed by atoms with E-state index in [-0.39, 0.29) is 17.3 Å². The Labute approximate surface area is 200 Å².